The monoisotopic (exact) mass is 395 g/mol. The lowest BCUT2D eigenvalue weighted by molar-refractivity contribution is 0.887. The van der Waals surface area contributed by atoms with Gasteiger partial charge in [-0.3, -0.25) is 0 Å². The first-order valence-electron chi connectivity index (χ1n) is 8.81. The Morgan fingerprint density at radius 1 is 1.00 bits per heavy atom. The van der Waals surface area contributed by atoms with Crippen LogP contribution in [0.1, 0.15) is 11.4 Å². The molecule has 0 atom stereocenters. The number of nitrogens with zero attached hydrogens (tertiary/aromatic N) is 5. The zero-order valence-corrected chi connectivity index (χ0v) is 17.0. The average molecular weight is 396 g/mol. The van der Waals surface area contributed by atoms with E-state index in [2.05, 4.69) is 69.7 Å². The number of fused-ring (bicyclic) bond motifs is 1. The number of rotatable bonds is 7. The van der Waals surface area contributed by atoms with Crippen molar-refractivity contribution >= 4 is 33.7 Å². The number of hydrogen-bond donors (Lipinski definition) is 0. The largest absolute Gasteiger partial charge is 0.378 e. The van der Waals surface area contributed by atoms with Crippen LogP contribution in [0, 0.1) is 0 Å². The van der Waals surface area contributed by atoms with Gasteiger partial charge in [0.2, 0.25) is 4.96 Å². The van der Waals surface area contributed by atoms with Crippen LogP contribution >= 0.6 is 23.1 Å². The Labute approximate surface area is 167 Å². The molecule has 0 amide bonds. The molecule has 0 aliphatic heterocycles. The molecule has 0 saturated carbocycles. The minimum Gasteiger partial charge on any atom is -0.378 e. The summed E-state index contributed by atoms with van der Waals surface area (Å²) in [6.07, 6.45) is 1.06. The summed E-state index contributed by atoms with van der Waals surface area (Å²) in [4.78, 5) is 2.94. The summed E-state index contributed by atoms with van der Waals surface area (Å²) in [6.45, 7) is 0. The van der Waals surface area contributed by atoms with Crippen molar-refractivity contribution in [2.24, 2.45) is 0 Å². The number of aromatic nitrogens is 4. The lowest BCUT2D eigenvalue weighted by Crippen LogP contribution is -2.07. The molecule has 5 nitrogen and oxygen atoms in total. The molecule has 2 aromatic heterocycles. The van der Waals surface area contributed by atoms with E-state index in [-0.39, 0.29) is 0 Å². The minimum atomic E-state index is 0.816. The van der Waals surface area contributed by atoms with Gasteiger partial charge in [0.25, 0.3) is 0 Å². The van der Waals surface area contributed by atoms with E-state index in [1.165, 1.54) is 11.3 Å². The smallest absolute Gasteiger partial charge is 0.235 e. The summed E-state index contributed by atoms with van der Waals surface area (Å²) in [7, 11) is 4.08. The van der Waals surface area contributed by atoms with Crippen molar-refractivity contribution in [2.75, 3.05) is 24.7 Å². The van der Waals surface area contributed by atoms with Gasteiger partial charge in [0, 0.05) is 25.3 Å². The van der Waals surface area contributed by atoms with Gasteiger partial charge in [0.05, 0.1) is 5.75 Å². The topological polar surface area (TPSA) is 46.3 Å². The molecule has 0 saturated heterocycles. The quantitative estimate of drug-likeness (QED) is 0.434. The second kappa shape index (κ2) is 8.10. The molecule has 7 heteroatoms. The Morgan fingerprint density at radius 3 is 2.52 bits per heavy atom. The first-order valence-corrected chi connectivity index (χ1v) is 10.8. The van der Waals surface area contributed by atoms with Crippen molar-refractivity contribution in [1.82, 2.24) is 19.8 Å². The fourth-order valence-corrected chi connectivity index (χ4v) is 4.52. The van der Waals surface area contributed by atoms with Crippen molar-refractivity contribution in [3.63, 3.8) is 0 Å². The number of benzene rings is 2. The molecule has 0 radical (unpaired) electrons. The van der Waals surface area contributed by atoms with Crippen LogP contribution in [-0.4, -0.2) is 39.7 Å². The molecule has 0 N–H and O–H groups in total. The van der Waals surface area contributed by atoms with Gasteiger partial charge in [-0.25, -0.2) is 0 Å². The first kappa shape index (κ1) is 18.0. The summed E-state index contributed by atoms with van der Waals surface area (Å²) in [5.41, 5.74) is 3.66. The summed E-state index contributed by atoms with van der Waals surface area (Å²) in [5, 5.41) is 14.3. The zero-order chi connectivity index (χ0) is 18.6. The van der Waals surface area contributed by atoms with Crippen LogP contribution < -0.4 is 4.90 Å². The summed E-state index contributed by atoms with van der Waals surface area (Å²) in [6, 6.07) is 19.0. The van der Waals surface area contributed by atoms with Crippen molar-refractivity contribution in [1.29, 1.82) is 0 Å². The van der Waals surface area contributed by atoms with Gasteiger partial charge in [0.15, 0.2) is 5.82 Å². The average Bonchev–Trinajstić information content (AvgIpc) is 3.27. The molecule has 4 rings (SSSR count). The van der Waals surface area contributed by atoms with E-state index >= 15 is 0 Å². The van der Waals surface area contributed by atoms with Crippen LogP contribution in [0.4, 0.5) is 5.69 Å². The van der Waals surface area contributed by atoms with E-state index in [1.54, 1.807) is 11.3 Å². The Balaban J connectivity index is 1.42. The lowest BCUT2D eigenvalue weighted by Gasteiger charge is -2.11. The lowest BCUT2D eigenvalue weighted by atomic mass is 10.2. The molecule has 2 aromatic carbocycles. The molecule has 0 unspecified atom stereocenters. The Bertz CT molecular complexity index is 1010. The third kappa shape index (κ3) is 4.14. The van der Waals surface area contributed by atoms with Crippen molar-refractivity contribution in [2.45, 2.75) is 12.2 Å². The molecular formula is C20H21N5S2. The Kier molecular flexibility index (Phi) is 5.40. The second-order valence-electron chi connectivity index (χ2n) is 6.45. The van der Waals surface area contributed by atoms with E-state index in [4.69, 9.17) is 5.10 Å². The second-order valence-corrected chi connectivity index (χ2v) is 8.51. The van der Waals surface area contributed by atoms with Crippen molar-refractivity contribution in [3.8, 4) is 10.6 Å². The van der Waals surface area contributed by atoms with Gasteiger partial charge in [0.1, 0.15) is 5.01 Å². The van der Waals surface area contributed by atoms with Gasteiger partial charge < -0.3 is 4.90 Å². The molecule has 0 bridgehead atoms. The van der Waals surface area contributed by atoms with E-state index in [9.17, 15) is 0 Å². The zero-order valence-electron chi connectivity index (χ0n) is 15.4. The van der Waals surface area contributed by atoms with Gasteiger partial charge in [-0.05, 0) is 42.0 Å². The predicted molar refractivity (Wildman–Crippen MR) is 115 cm³/mol. The highest BCUT2D eigenvalue weighted by molar-refractivity contribution is 7.98. The van der Waals surface area contributed by atoms with Gasteiger partial charge in [-0.15, -0.1) is 10.2 Å². The standard InChI is InChI=1S/C20H21N5S2/c1-24(2)17-10-8-16(9-11-17)19-23-25-18(21-22-20(25)27-19)14-26-13-12-15-6-4-3-5-7-15/h3-11H,12-14H2,1-2H3. The van der Waals surface area contributed by atoms with E-state index in [0.717, 1.165) is 39.3 Å². The van der Waals surface area contributed by atoms with Crippen molar-refractivity contribution < 1.29 is 0 Å². The van der Waals surface area contributed by atoms with Crippen LogP contribution in [-0.2, 0) is 12.2 Å². The third-order valence-electron chi connectivity index (χ3n) is 4.30. The predicted octanol–water partition coefficient (Wildman–Crippen LogP) is 4.39. The summed E-state index contributed by atoms with van der Waals surface area (Å²) in [5.74, 6) is 2.79. The fourth-order valence-electron chi connectivity index (χ4n) is 2.76. The highest BCUT2D eigenvalue weighted by Crippen LogP contribution is 2.27. The maximum absolute atomic E-state index is 4.74. The summed E-state index contributed by atoms with van der Waals surface area (Å²) >= 11 is 3.44. The molecule has 2 heterocycles. The van der Waals surface area contributed by atoms with E-state index < -0.39 is 0 Å². The van der Waals surface area contributed by atoms with Crippen molar-refractivity contribution in [3.05, 3.63) is 66.0 Å². The molecule has 4 aromatic rings. The Morgan fingerprint density at radius 2 is 1.78 bits per heavy atom. The maximum Gasteiger partial charge on any atom is 0.235 e. The van der Waals surface area contributed by atoms with Gasteiger partial charge in [-0.2, -0.15) is 21.4 Å². The van der Waals surface area contributed by atoms with Gasteiger partial charge >= 0.3 is 0 Å². The molecule has 0 fully saturated rings. The molecular weight excluding hydrogens is 374 g/mol. The highest BCUT2D eigenvalue weighted by Gasteiger charge is 2.13. The molecule has 138 valence electrons. The van der Waals surface area contributed by atoms with Crippen LogP contribution in [0.25, 0.3) is 15.5 Å². The molecule has 0 spiro atoms. The normalized spacial score (nSPS) is 11.2. The van der Waals surface area contributed by atoms with E-state index in [0.29, 0.717) is 0 Å². The van der Waals surface area contributed by atoms with E-state index in [1.807, 2.05) is 30.4 Å². The van der Waals surface area contributed by atoms with Crippen LogP contribution in [0.2, 0.25) is 0 Å². The maximum atomic E-state index is 4.74. The minimum absolute atomic E-state index is 0.816. The number of thioether (sulfide) groups is 1. The summed E-state index contributed by atoms with van der Waals surface area (Å²) < 4.78 is 1.88. The first-order chi connectivity index (χ1) is 13.2. The van der Waals surface area contributed by atoms with Crippen LogP contribution in [0.5, 0.6) is 0 Å². The SMILES string of the molecule is CN(C)c1ccc(-c2nn3c(CSCCc4ccccc4)nnc3s2)cc1. The number of aryl methyl sites for hydroxylation is 1. The fraction of sp³-hybridized carbons (Fsp3) is 0.250. The molecule has 0 aliphatic carbocycles. The van der Waals surface area contributed by atoms with Crippen LogP contribution in [0.3, 0.4) is 0 Å². The van der Waals surface area contributed by atoms with Crippen LogP contribution in [0.15, 0.2) is 54.6 Å². The Hall–Kier alpha value is -2.38. The third-order valence-corrected chi connectivity index (χ3v) is 6.20. The van der Waals surface area contributed by atoms with Gasteiger partial charge in [-0.1, -0.05) is 41.7 Å². The highest BCUT2D eigenvalue weighted by atomic mass is 32.2. The number of hydrogen-bond acceptors (Lipinski definition) is 6. The number of anilines is 1. The molecule has 27 heavy (non-hydrogen) atoms. The molecule has 0 aliphatic rings.